The van der Waals surface area contributed by atoms with E-state index in [1.54, 1.807) is 0 Å². The van der Waals surface area contributed by atoms with Crippen molar-refractivity contribution >= 4 is 17.7 Å². The van der Waals surface area contributed by atoms with Crippen LogP contribution >= 0.6 is 11.8 Å². The summed E-state index contributed by atoms with van der Waals surface area (Å²) in [6.45, 7) is 9.99. The van der Waals surface area contributed by atoms with Crippen molar-refractivity contribution < 1.29 is 19.0 Å². The van der Waals surface area contributed by atoms with Crippen LogP contribution in [0, 0.1) is 5.92 Å². The number of hydrogen-bond donors (Lipinski definition) is 1. The van der Waals surface area contributed by atoms with Crippen LogP contribution in [0.4, 0.5) is 0 Å². The lowest BCUT2D eigenvalue weighted by atomic mass is 10.2. The molecule has 1 amide bonds. The van der Waals surface area contributed by atoms with Crippen molar-refractivity contribution in [3.05, 3.63) is 59.4 Å². The molecule has 3 aromatic rings. The van der Waals surface area contributed by atoms with Gasteiger partial charge in [-0.05, 0) is 54.7 Å². The third-order valence-corrected chi connectivity index (χ3v) is 6.68. The molecule has 1 aliphatic rings. The molecular weight excluding hydrogens is 464 g/mol. The summed E-state index contributed by atoms with van der Waals surface area (Å²) in [4.78, 5) is 12.8. The first-order chi connectivity index (χ1) is 16.9. The molecule has 0 saturated heterocycles. The van der Waals surface area contributed by atoms with Crippen LogP contribution in [0.15, 0.2) is 47.6 Å². The number of nitrogens with one attached hydrogen (secondary N) is 1. The molecule has 0 radical (unpaired) electrons. The fourth-order valence-electron chi connectivity index (χ4n) is 3.63. The van der Waals surface area contributed by atoms with Gasteiger partial charge in [0, 0.05) is 13.1 Å². The maximum Gasteiger partial charge on any atom is 0.233 e. The Bertz CT molecular complexity index is 1150. The van der Waals surface area contributed by atoms with E-state index in [4.69, 9.17) is 14.2 Å². The molecule has 1 aromatic heterocycles. The number of fused-ring (bicyclic) bond motifs is 1. The Balaban J connectivity index is 1.36. The van der Waals surface area contributed by atoms with E-state index in [1.807, 2.05) is 37.3 Å². The topological polar surface area (TPSA) is 87.5 Å². The van der Waals surface area contributed by atoms with Gasteiger partial charge in [-0.2, -0.15) is 0 Å². The van der Waals surface area contributed by atoms with Crippen LogP contribution in [0.1, 0.15) is 44.6 Å². The van der Waals surface area contributed by atoms with Crippen LogP contribution in [-0.4, -0.2) is 32.7 Å². The van der Waals surface area contributed by atoms with Crippen LogP contribution in [0.2, 0.25) is 0 Å². The number of thioether (sulfide) groups is 1. The number of aryl methyl sites for hydroxylation is 1. The summed E-state index contributed by atoms with van der Waals surface area (Å²) in [7, 11) is 0. The minimum atomic E-state index is -0.338. The minimum Gasteiger partial charge on any atom is -0.486 e. The number of hydrogen-bond acceptors (Lipinski definition) is 7. The van der Waals surface area contributed by atoms with Gasteiger partial charge in [0.15, 0.2) is 22.5 Å². The normalized spacial score (nSPS) is 13.2. The first-order valence-electron chi connectivity index (χ1n) is 11.9. The van der Waals surface area contributed by atoms with Gasteiger partial charge in [0.1, 0.15) is 12.4 Å². The largest absolute Gasteiger partial charge is 0.486 e. The molecule has 0 fully saturated rings. The van der Waals surface area contributed by atoms with E-state index in [1.165, 1.54) is 17.3 Å². The zero-order chi connectivity index (χ0) is 24.8. The van der Waals surface area contributed by atoms with E-state index >= 15 is 0 Å². The van der Waals surface area contributed by atoms with Gasteiger partial charge >= 0.3 is 0 Å². The van der Waals surface area contributed by atoms with Gasteiger partial charge in [0.05, 0.1) is 5.25 Å². The first-order valence-corrected chi connectivity index (χ1v) is 12.8. The third-order valence-electron chi connectivity index (χ3n) is 5.60. The van der Waals surface area contributed by atoms with Gasteiger partial charge in [-0.1, -0.05) is 50.7 Å². The SMILES string of the molecule is CCc1ccc(OCc2nnc(SC(C)C(=O)NCc3ccc4c(c3)OCO4)n2CC(C)C)cc1. The second-order valence-electron chi connectivity index (χ2n) is 8.85. The summed E-state index contributed by atoms with van der Waals surface area (Å²) < 4.78 is 18.8. The van der Waals surface area contributed by atoms with E-state index in [2.05, 4.69) is 53.0 Å². The molecule has 2 heterocycles. The first kappa shape index (κ1) is 24.9. The monoisotopic (exact) mass is 496 g/mol. The van der Waals surface area contributed by atoms with E-state index in [0.717, 1.165) is 35.9 Å². The predicted octanol–water partition coefficient (Wildman–Crippen LogP) is 4.60. The number of ether oxygens (including phenoxy) is 3. The molecule has 35 heavy (non-hydrogen) atoms. The highest BCUT2D eigenvalue weighted by Gasteiger charge is 2.21. The average Bonchev–Trinajstić information content (AvgIpc) is 3.47. The van der Waals surface area contributed by atoms with Crippen LogP contribution in [0.5, 0.6) is 17.2 Å². The van der Waals surface area contributed by atoms with Crippen molar-refractivity contribution in [2.45, 2.75) is 64.2 Å². The smallest absolute Gasteiger partial charge is 0.233 e. The molecule has 4 rings (SSSR count). The Morgan fingerprint density at radius 1 is 1.09 bits per heavy atom. The van der Waals surface area contributed by atoms with E-state index in [0.29, 0.717) is 30.0 Å². The molecule has 1 aliphatic heterocycles. The number of rotatable bonds is 11. The highest BCUT2D eigenvalue weighted by Crippen LogP contribution is 2.32. The number of nitrogens with zero attached hydrogens (tertiary/aromatic N) is 3. The predicted molar refractivity (Wildman–Crippen MR) is 135 cm³/mol. The lowest BCUT2D eigenvalue weighted by molar-refractivity contribution is -0.120. The van der Waals surface area contributed by atoms with Crippen LogP contribution in [0.3, 0.4) is 0 Å². The second-order valence-corrected chi connectivity index (χ2v) is 10.2. The minimum absolute atomic E-state index is 0.0689. The van der Waals surface area contributed by atoms with Crippen LogP contribution in [0.25, 0.3) is 0 Å². The number of carbonyl (C=O) groups excluding carboxylic acids is 1. The summed E-state index contributed by atoms with van der Waals surface area (Å²) in [5, 5.41) is 12.1. The molecule has 1 unspecified atom stereocenters. The van der Waals surface area contributed by atoms with Crippen molar-refractivity contribution in [2.75, 3.05) is 6.79 Å². The molecule has 2 aromatic carbocycles. The number of benzene rings is 2. The summed E-state index contributed by atoms with van der Waals surface area (Å²) in [5.41, 5.74) is 2.22. The van der Waals surface area contributed by atoms with E-state index in [9.17, 15) is 4.79 Å². The lowest BCUT2D eigenvalue weighted by Crippen LogP contribution is -2.30. The Labute approximate surface area is 210 Å². The molecule has 186 valence electrons. The average molecular weight is 497 g/mol. The van der Waals surface area contributed by atoms with Crippen molar-refractivity contribution in [3.63, 3.8) is 0 Å². The zero-order valence-electron chi connectivity index (χ0n) is 20.6. The van der Waals surface area contributed by atoms with Gasteiger partial charge in [0.25, 0.3) is 0 Å². The van der Waals surface area contributed by atoms with Crippen molar-refractivity contribution in [1.29, 1.82) is 0 Å². The molecule has 8 nitrogen and oxygen atoms in total. The van der Waals surface area contributed by atoms with Crippen molar-refractivity contribution in [1.82, 2.24) is 20.1 Å². The Morgan fingerprint density at radius 2 is 1.83 bits per heavy atom. The molecule has 9 heteroatoms. The highest BCUT2D eigenvalue weighted by molar-refractivity contribution is 8.00. The maximum absolute atomic E-state index is 12.8. The second kappa shape index (κ2) is 11.5. The molecule has 0 spiro atoms. The Kier molecular flexibility index (Phi) is 8.17. The van der Waals surface area contributed by atoms with Gasteiger partial charge in [-0.25, -0.2) is 0 Å². The van der Waals surface area contributed by atoms with Gasteiger partial charge in [-0.15, -0.1) is 10.2 Å². The van der Waals surface area contributed by atoms with E-state index in [-0.39, 0.29) is 18.0 Å². The zero-order valence-corrected chi connectivity index (χ0v) is 21.4. The van der Waals surface area contributed by atoms with Crippen LogP contribution < -0.4 is 19.5 Å². The van der Waals surface area contributed by atoms with Gasteiger partial charge < -0.3 is 24.1 Å². The molecule has 1 atom stereocenters. The molecular formula is C26H32N4O4S. The number of aromatic nitrogens is 3. The van der Waals surface area contributed by atoms with Crippen LogP contribution in [-0.2, 0) is 30.9 Å². The van der Waals surface area contributed by atoms with Gasteiger partial charge in [-0.3, -0.25) is 4.79 Å². The number of carbonyl (C=O) groups is 1. The summed E-state index contributed by atoms with van der Waals surface area (Å²) in [5.74, 6) is 3.30. The van der Waals surface area contributed by atoms with Crippen molar-refractivity contribution in [2.24, 2.45) is 5.92 Å². The molecule has 0 aliphatic carbocycles. The Morgan fingerprint density at radius 3 is 2.57 bits per heavy atom. The van der Waals surface area contributed by atoms with Gasteiger partial charge in [0.2, 0.25) is 12.7 Å². The maximum atomic E-state index is 12.8. The summed E-state index contributed by atoms with van der Waals surface area (Å²) >= 11 is 1.40. The molecule has 0 saturated carbocycles. The highest BCUT2D eigenvalue weighted by atomic mass is 32.2. The van der Waals surface area contributed by atoms with E-state index < -0.39 is 0 Å². The Hall–Kier alpha value is -3.20. The fraction of sp³-hybridized carbons (Fsp3) is 0.423. The summed E-state index contributed by atoms with van der Waals surface area (Å²) in [6.07, 6.45) is 0.992. The lowest BCUT2D eigenvalue weighted by Gasteiger charge is -2.15. The summed E-state index contributed by atoms with van der Waals surface area (Å²) in [6, 6.07) is 13.8. The standard InChI is InChI=1S/C26H32N4O4S/c1-5-19-6-9-21(10-7-19)32-15-24-28-29-26(30(24)14-17(2)3)35-18(4)25(31)27-13-20-8-11-22-23(12-20)34-16-33-22/h6-12,17-18H,5,13-16H2,1-4H3,(H,27,31). The third kappa shape index (κ3) is 6.48. The molecule has 0 bridgehead atoms. The molecule has 1 N–H and O–H groups in total. The number of amides is 1. The fourth-order valence-corrected chi connectivity index (χ4v) is 4.53. The van der Waals surface area contributed by atoms with Crippen molar-refractivity contribution in [3.8, 4) is 17.2 Å². The quantitative estimate of drug-likeness (QED) is 0.388.